The smallest absolute Gasteiger partial charge is 0.243 e. The molecule has 0 aromatic heterocycles. The number of amides is 2. The number of rotatable bonds is 13. The van der Waals surface area contributed by atoms with Crippen LogP contribution >= 0.6 is 0 Å². The highest BCUT2D eigenvalue weighted by Crippen LogP contribution is 2.19. The standard InChI is InChI=1S/C30H36FN3O4S/c1-23(2)32-30(36)28(21-24-13-6-4-7-14-24)34(22-25-15-10-11-18-27(25)31)29(35)19-12-20-33(3)39(37,38)26-16-8-5-9-17-26/h4-11,13-18,23,28H,12,19-22H2,1-3H3,(H,32,36)/t28-/m1/s1. The van der Waals surface area contributed by atoms with E-state index in [0.29, 0.717) is 5.56 Å². The van der Waals surface area contributed by atoms with Crippen molar-refractivity contribution in [3.8, 4) is 0 Å². The van der Waals surface area contributed by atoms with Crippen molar-refractivity contribution in [2.75, 3.05) is 13.6 Å². The van der Waals surface area contributed by atoms with Crippen LogP contribution in [0, 0.1) is 5.82 Å². The van der Waals surface area contributed by atoms with Crippen molar-refractivity contribution in [1.29, 1.82) is 0 Å². The lowest BCUT2D eigenvalue weighted by atomic mass is 10.0. The molecule has 0 heterocycles. The Balaban J connectivity index is 1.83. The maximum Gasteiger partial charge on any atom is 0.243 e. The van der Waals surface area contributed by atoms with Crippen molar-refractivity contribution in [2.45, 2.75) is 56.6 Å². The summed E-state index contributed by atoms with van der Waals surface area (Å²) in [6.45, 7) is 3.69. The summed E-state index contributed by atoms with van der Waals surface area (Å²) in [4.78, 5) is 28.6. The Hall–Kier alpha value is -3.56. The first kappa shape index (κ1) is 30.0. The fraction of sp³-hybridized carbons (Fsp3) is 0.333. The van der Waals surface area contributed by atoms with Crippen molar-refractivity contribution in [1.82, 2.24) is 14.5 Å². The van der Waals surface area contributed by atoms with Crippen LogP contribution in [0.5, 0.6) is 0 Å². The van der Waals surface area contributed by atoms with Gasteiger partial charge in [-0.05, 0) is 44.0 Å². The molecule has 9 heteroatoms. The highest BCUT2D eigenvalue weighted by Gasteiger charge is 2.31. The van der Waals surface area contributed by atoms with Crippen LogP contribution in [0.15, 0.2) is 89.8 Å². The van der Waals surface area contributed by atoms with Crippen LogP contribution in [0.25, 0.3) is 0 Å². The van der Waals surface area contributed by atoms with E-state index >= 15 is 0 Å². The Labute approximate surface area is 230 Å². The predicted molar refractivity (Wildman–Crippen MR) is 150 cm³/mol. The molecule has 2 amide bonds. The van der Waals surface area contributed by atoms with E-state index in [1.807, 2.05) is 44.2 Å². The van der Waals surface area contributed by atoms with E-state index in [1.165, 1.54) is 34.5 Å². The maximum absolute atomic E-state index is 14.7. The Morgan fingerprint density at radius 1 is 0.897 bits per heavy atom. The van der Waals surface area contributed by atoms with Gasteiger partial charge in [0.2, 0.25) is 21.8 Å². The molecule has 0 saturated heterocycles. The molecule has 1 N–H and O–H groups in total. The van der Waals surface area contributed by atoms with Crippen molar-refractivity contribution in [3.63, 3.8) is 0 Å². The molecule has 0 fully saturated rings. The van der Waals surface area contributed by atoms with Gasteiger partial charge in [0.15, 0.2) is 0 Å². The van der Waals surface area contributed by atoms with E-state index in [0.717, 1.165) is 5.56 Å². The summed E-state index contributed by atoms with van der Waals surface area (Å²) < 4.78 is 41.6. The van der Waals surface area contributed by atoms with Gasteiger partial charge in [-0.25, -0.2) is 17.1 Å². The van der Waals surface area contributed by atoms with Crippen LogP contribution in [0.4, 0.5) is 4.39 Å². The number of sulfonamides is 1. The number of carbonyl (C=O) groups is 2. The first-order chi connectivity index (χ1) is 18.6. The van der Waals surface area contributed by atoms with E-state index in [-0.39, 0.29) is 55.1 Å². The molecule has 1 atom stereocenters. The number of halogens is 1. The molecule has 0 spiro atoms. The Morgan fingerprint density at radius 2 is 1.49 bits per heavy atom. The third-order valence-electron chi connectivity index (χ3n) is 6.32. The van der Waals surface area contributed by atoms with Gasteiger partial charge in [0.05, 0.1) is 4.90 Å². The largest absolute Gasteiger partial charge is 0.352 e. The van der Waals surface area contributed by atoms with E-state index in [4.69, 9.17) is 0 Å². The summed E-state index contributed by atoms with van der Waals surface area (Å²) in [5, 5.41) is 2.90. The number of nitrogens with zero attached hydrogens (tertiary/aromatic N) is 2. The quantitative estimate of drug-likeness (QED) is 0.340. The van der Waals surface area contributed by atoms with Gasteiger partial charge in [-0.15, -0.1) is 0 Å². The second kappa shape index (κ2) is 14.0. The monoisotopic (exact) mass is 553 g/mol. The lowest BCUT2D eigenvalue weighted by Crippen LogP contribution is -2.52. The van der Waals surface area contributed by atoms with Crippen molar-refractivity contribution in [2.24, 2.45) is 0 Å². The number of carbonyl (C=O) groups excluding carboxylic acids is 2. The number of nitrogens with one attached hydrogen (secondary N) is 1. The Kier molecular flexibility index (Phi) is 10.8. The summed E-state index contributed by atoms with van der Waals surface area (Å²) in [7, 11) is -2.23. The fourth-order valence-electron chi connectivity index (χ4n) is 4.23. The number of benzene rings is 3. The summed E-state index contributed by atoms with van der Waals surface area (Å²) in [6.07, 6.45) is 0.476. The molecule has 0 bridgehead atoms. The average molecular weight is 554 g/mol. The Bertz CT molecular complexity index is 1330. The van der Waals surface area contributed by atoms with Crippen LogP contribution in [-0.2, 0) is 32.6 Å². The molecule has 39 heavy (non-hydrogen) atoms. The van der Waals surface area contributed by atoms with Crippen molar-refractivity contribution in [3.05, 3.63) is 102 Å². The first-order valence-electron chi connectivity index (χ1n) is 13.0. The van der Waals surface area contributed by atoms with Gasteiger partial charge in [-0.2, -0.15) is 0 Å². The number of hydrogen-bond acceptors (Lipinski definition) is 4. The van der Waals surface area contributed by atoms with E-state index in [2.05, 4.69) is 5.32 Å². The van der Waals surface area contributed by atoms with Crippen LogP contribution < -0.4 is 5.32 Å². The van der Waals surface area contributed by atoms with E-state index < -0.39 is 21.9 Å². The average Bonchev–Trinajstić information content (AvgIpc) is 2.92. The minimum Gasteiger partial charge on any atom is -0.352 e. The SMILES string of the molecule is CC(C)NC(=O)[C@@H](Cc1ccccc1)N(Cc1ccccc1F)C(=O)CCCN(C)S(=O)(=O)c1ccccc1. The summed E-state index contributed by atoms with van der Waals surface area (Å²) in [6, 6.07) is 22.6. The Morgan fingerprint density at radius 3 is 2.10 bits per heavy atom. The lowest BCUT2D eigenvalue weighted by Gasteiger charge is -2.32. The molecular weight excluding hydrogens is 517 g/mol. The maximum atomic E-state index is 14.7. The van der Waals surface area contributed by atoms with Crippen LogP contribution in [0.1, 0.15) is 37.8 Å². The molecule has 7 nitrogen and oxygen atoms in total. The highest BCUT2D eigenvalue weighted by molar-refractivity contribution is 7.89. The highest BCUT2D eigenvalue weighted by atomic mass is 32.2. The van der Waals surface area contributed by atoms with Crippen LogP contribution in [-0.4, -0.2) is 55.1 Å². The third-order valence-corrected chi connectivity index (χ3v) is 8.19. The molecule has 0 unspecified atom stereocenters. The molecule has 208 valence electrons. The van der Waals surface area contributed by atoms with Gasteiger partial charge in [-0.1, -0.05) is 66.7 Å². The molecule has 3 rings (SSSR count). The van der Waals surface area contributed by atoms with Gasteiger partial charge in [-0.3, -0.25) is 9.59 Å². The number of hydrogen-bond donors (Lipinski definition) is 1. The molecule has 0 aliphatic heterocycles. The topological polar surface area (TPSA) is 86.8 Å². The van der Waals surface area contributed by atoms with Crippen LogP contribution in [0.2, 0.25) is 0 Å². The minimum absolute atomic E-state index is 0.0106. The zero-order valence-electron chi connectivity index (χ0n) is 22.6. The predicted octanol–water partition coefficient (Wildman–Crippen LogP) is 4.39. The van der Waals surface area contributed by atoms with Gasteiger partial charge >= 0.3 is 0 Å². The molecule has 0 saturated carbocycles. The van der Waals surface area contributed by atoms with Gasteiger partial charge < -0.3 is 10.2 Å². The van der Waals surface area contributed by atoms with Crippen LogP contribution in [0.3, 0.4) is 0 Å². The first-order valence-corrected chi connectivity index (χ1v) is 14.4. The van der Waals surface area contributed by atoms with Crippen molar-refractivity contribution < 1.29 is 22.4 Å². The fourth-order valence-corrected chi connectivity index (χ4v) is 5.46. The van der Waals surface area contributed by atoms with Gasteiger partial charge in [0.25, 0.3) is 0 Å². The van der Waals surface area contributed by atoms with Crippen molar-refractivity contribution >= 4 is 21.8 Å². The zero-order valence-corrected chi connectivity index (χ0v) is 23.4. The zero-order chi connectivity index (χ0) is 28.4. The van der Waals surface area contributed by atoms with E-state index in [1.54, 1.807) is 36.4 Å². The summed E-state index contributed by atoms with van der Waals surface area (Å²) in [5.41, 5.74) is 1.16. The molecule has 3 aromatic carbocycles. The minimum atomic E-state index is -3.70. The lowest BCUT2D eigenvalue weighted by molar-refractivity contribution is -0.141. The molecule has 0 radical (unpaired) electrons. The van der Waals surface area contributed by atoms with Gasteiger partial charge in [0.1, 0.15) is 11.9 Å². The molecular formula is C30H36FN3O4S. The molecule has 0 aliphatic carbocycles. The third kappa shape index (κ3) is 8.46. The summed E-state index contributed by atoms with van der Waals surface area (Å²) >= 11 is 0. The molecule has 3 aromatic rings. The van der Waals surface area contributed by atoms with E-state index in [9.17, 15) is 22.4 Å². The molecule has 0 aliphatic rings. The normalized spacial score (nSPS) is 12.4. The van der Waals surface area contributed by atoms with Gasteiger partial charge in [0, 0.05) is 44.6 Å². The second-order valence-electron chi connectivity index (χ2n) is 9.73. The second-order valence-corrected chi connectivity index (χ2v) is 11.8. The summed E-state index contributed by atoms with van der Waals surface area (Å²) in [5.74, 6) is -1.15.